The van der Waals surface area contributed by atoms with Gasteiger partial charge in [0.05, 0.1) is 17.5 Å². The van der Waals surface area contributed by atoms with Crippen molar-refractivity contribution in [3.8, 4) is 0 Å². The first-order chi connectivity index (χ1) is 13.4. The maximum atomic E-state index is 12.7. The van der Waals surface area contributed by atoms with E-state index >= 15 is 0 Å². The van der Waals surface area contributed by atoms with Gasteiger partial charge in [-0.15, -0.1) is 0 Å². The molecule has 1 rings (SSSR count). The first-order valence-electron chi connectivity index (χ1n) is 8.87. The zero-order valence-corrected chi connectivity index (χ0v) is 16.4. The normalized spacial score (nSPS) is 12.4. The highest BCUT2D eigenvalue weighted by atomic mass is 19.4. The van der Waals surface area contributed by atoms with Crippen LogP contribution in [0.5, 0.6) is 0 Å². The van der Waals surface area contributed by atoms with Crippen molar-refractivity contribution in [3.63, 3.8) is 0 Å². The predicted octanol–water partition coefficient (Wildman–Crippen LogP) is 0.181. The van der Waals surface area contributed by atoms with Gasteiger partial charge in [-0.1, -0.05) is 0 Å². The van der Waals surface area contributed by atoms with E-state index in [9.17, 15) is 32.9 Å². The van der Waals surface area contributed by atoms with Crippen LogP contribution < -0.4 is 20.9 Å². The number of carbonyl (C=O) groups is 2. The Morgan fingerprint density at radius 2 is 1.79 bits per heavy atom. The molecule has 0 radical (unpaired) electrons. The molecule has 4 N–H and O–H groups in total. The Hall–Kier alpha value is -2.89. The number of anilines is 1. The molecule has 0 bridgehead atoms. The van der Waals surface area contributed by atoms with Gasteiger partial charge in [0.2, 0.25) is 0 Å². The number of carbonyl (C=O) groups excluding carboxylic acids is 2. The minimum Gasteiger partial charge on any atom is -0.378 e. The Morgan fingerprint density at radius 1 is 1.17 bits per heavy atom. The lowest BCUT2D eigenvalue weighted by molar-refractivity contribution is -0.862. The highest BCUT2D eigenvalue weighted by Gasteiger charge is 2.33. The second-order valence-corrected chi connectivity index (χ2v) is 6.80. The number of alkyl halides is 3. The summed E-state index contributed by atoms with van der Waals surface area (Å²) < 4.78 is 38.1. The zero-order chi connectivity index (χ0) is 22.2. The second kappa shape index (κ2) is 10.6. The van der Waals surface area contributed by atoms with Crippen molar-refractivity contribution in [1.82, 2.24) is 10.6 Å². The Labute approximate surface area is 165 Å². The molecule has 0 saturated carbocycles. The van der Waals surface area contributed by atoms with Crippen LogP contribution in [0.4, 0.5) is 24.5 Å². The van der Waals surface area contributed by atoms with E-state index < -0.39 is 22.4 Å². The Kier molecular flexibility index (Phi) is 8.83. The number of benzene rings is 1. The van der Waals surface area contributed by atoms with Gasteiger partial charge in [-0.25, -0.2) is 0 Å². The minimum atomic E-state index is -4.68. The van der Waals surface area contributed by atoms with Crippen molar-refractivity contribution in [1.29, 1.82) is 0 Å². The molecule has 0 heterocycles. The fourth-order valence-corrected chi connectivity index (χ4v) is 2.45. The van der Waals surface area contributed by atoms with Gasteiger partial charge < -0.3 is 20.9 Å². The average Bonchev–Trinajstić information content (AvgIpc) is 2.56. The maximum Gasteiger partial charge on any atom is 0.416 e. The maximum absolute atomic E-state index is 12.7. The number of nitro groups is 1. The summed E-state index contributed by atoms with van der Waals surface area (Å²) in [6.07, 6.45) is -4.68. The number of quaternary nitrogens is 1. The molecule has 1 aromatic rings. The lowest BCUT2D eigenvalue weighted by atomic mass is 10.1. The molecular weight excluding hydrogens is 395 g/mol. The van der Waals surface area contributed by atoms with Crippen molar-refractivity contribution < 1.29 is 32.6 Å². The SMILES string of the molecule is CC(C)NC(=O)C[NH+](C)CC(=O)NCCNc1ccc(C(F)(F)F)cc1[N+](=O)[O-]. The minimum absolute atomic E-state index is 0.00413. The lowest BCUT2D eigenvalue weighted by Crippen LogP contribution is -3.11. The van der Waals surface area contributed by atoms with Crippen molar-refractivity contribution in [2.75, 3.05) is 38.5 Å². The van der Waals surface area contributed by atoms with E-state index in [2.05, 4.69) is 16.0 Å². The summed E-state index contributed by atoms with van der Waals surface area (Å²) in [4.78, 5) is 34.3. The van der Waals surface area contributed by atoms with E-state index in [1.807, 2.05) is 13.8 Å². The van der Waals surface area contributed by atoms with Crippen molar-refractivity contribution in [3.05, 3.63) is 33.9 Å². The number of likely N-dealkylation sites (N-methyl/N-ethyl adjacent to an activating group) is 1. The molecule has 0 saturated heterocycles. The standard InChI is InChI=1S/C17H24F3N5O4/c1-11(2)23-16(27)10-24(3)9-15(26)22-7-6-21-13-5-4-12(17(18,19)20)8-14(13)25(28)29/h4-5,8,11,21H,6-7,9-10H2,1-3H3,(H,22,26)(H,23,27)/p+1. The third-order valence-corrected chi connectivity index (χ3v) is 3.66. The number of nitro benzene ring substituents is 1. The lowest BCUT2D eigenvalue weighted by Gasteiger charge is -2.15. The van der Waals surface area contributed by atoms with Crippen LogP contribution in [-0.4, -0.2) is 56.0 Å². The highest BCUT2D eigenvalue weighted by molar-refractivity contribution is 5.79. The van der Waals surface area contributed by atoms with Crippen LogP contribution in [0.25, 0.3) is 0 Å². The Balaban J connectivity index is 2.49. The number of hydrogen-bond donors (Lipinski definition) is 4. The summed E-state index contributed by atoms with van der Waals surface area (Å²) in [5, 5.41) is 18.9. The van der Waals surface area contributed by atoms with Gasteiger partial charge in [0.25, 0.3) is 17.5 Å². The molecule has 0 aliphatic heterocycles. The summed E-state index contributed by atoms with van der Waals surface area (Å²) in [5.41, 5.74) is -1.90. The molecule has 0 spiro atoms. The third kappa shape index (κ3) is 8.77. The van der Waals surface area contributed by atoms with Crippen LogP contribution in [0.2, 0.25) is 0 Å². The molecule has 29 heavy (non-hydrogen) atoms. The molecule has 1 atom stereocenters. The average molecular weight is 420 g/mol. The van der Waals surface area contributed by atoms with Crippen LogP contribution in [-0.2, 0) is 15.8 Å². The van der Waals surface area contributed by atoms with Gasteiger partial charge in [0, 0.05) is 25.2 Å². The summed E-state index contributed by atoms with van der Waals surface area (Å²) >= 11 is 0. The fourth-order valence-electron chi connectivity index (χ4n) is 2.45. The largest absolute Gasteiger partial charge is 0.416 e. The second-order valence-electron chi connectivity index (χ2n) is 6.80. The smallest absolute Gasteiger partial charge is 0.378 e. The molecule has 9 nitrogen and oxygen atoms in total. The van der Waals surface area contributed by atoms with Crippen LogP contribution in [0.15, 0.2) is 18.2 Å². The van der Waals surface area contributed by atoms with Gasteiger partial charge in [-0.05, 0) is 26.0 Å². The van der Waals surface area contributed by atoms with E-state index in [1.165, 1.54) is 0 Å². The van der Waals surface area contributed by atoms with Gasteiger partial charge in [-0.2, -0.15) is 13.2 Å². The van der Waals surface area contributed by atoms with Crippen molar-refractivity contribution in [2.24, 2.45) is 0 Å². The third-order valence-electron chi connectivity index (χ3n) is 3.66. The summed E-state index contributed by atoms with van der Waals surface area (Å²) in [6, 6.07) is 2.19. The topological polar surface area (TPSA) is 118 Å². The van der Waals surface area contributed by atoms with Gasteiger partial charge in [0.15, 0.2) is 13.1 Å². The molecular formula is C17H25F3N5O4+. The van der Waals surface area contributed by atoms with Crippen molar-refractivity contribution >= 4 is 23.2 Å². The van der Waals surface area contributed by atoms with Gasteiger partial charge in [-0.3, -0.25) is 19.7 Å². The van der Waals surface area contributed by atoms with Crippen molar-refractivity contribution in [2.45, 2.75) is 26.1 Å². The molecule has 0 fully saturated rings. The number of nitrogens with one attached hydrogen (secondary N) is 4. The number of hydrogen-bond acceptors (Lipinski definition) is 5. The van der Waals surface area contributed by atoms with E-state index in [4.69, 9.17) is 0 Å². The molecule has 162 valence electrons. The summed E-state index contributed by atoms with van der Waals surface area (Å²) in [6.45, 7) is 4.00. The molecule has 1 aromatic carbocycles. The number of nitrogens with zero attached hydrogens (tertiary/aromatic N) is 1. The van der Waals surface area contributed by atoms with E-state index in [0.717, 1.165) is 12.1 Å². The van der Waals surface area contributed by atoms with Crippen LogP contribution >= 0.6 is 0 Å². The Bertz CT molecular complexity index is 740. The molecule has 0 aliphatic rings. The predicted molar refractivity (Wildman–Crippen MR) is 99.5 cm³/mol. The number of rotatable bonds is 10. The summed E-state index contributed by atoms with van der Waals surface area (Å²) in [7, 11) is 1.68. The molecule has 2 amide bonds. The fraction of sp³-hybridized carbons (Fsp3) is 0.529. The first-order valence-corrected chi connectivity index (χ1v) is 8.87. The van der Waals surface area contributed by atoms with Crippen LogP contribution in [0.1, 0.15) is 19.4 Å². The Morgan fingerprint density at radius 3 is 2.34 bits per heavy atom. The first kappa shape index (κ1) is 24.1. The summed E-state index contributed by atoms with van der Waals surface area (Å²) in [5.74, 6) is -0.509. The molecule has 0 aliphatic carbocycles. The number of halogens is 3. The van der Waals surface area contributed by atoms with Gasteiger partial charge in [0.1, 0.15) is 5.69 Å². The zero-order valence-electron chi connectivity index (χ0n) is 16.4. The molecule has 0 aromatic heterocycles. The van der Waals surface area contributed by atoms with Crippen LogP contribution in [0, 0.1) is 10.1 Å². The highest BCUT2D eigenvalue weighted by Crippen LogP contribution is 2.34. The molecule has 12 heteroatoms. The van der Waals surface area contributed by atoms with Crippen LogP contribution in [0.3, 0.4) is 0 Å². The van der Waals surface area contributed by atoms with E-state index in [-0.39, 0.29) is 49.7 Å². The monoisotopic (exact) mass is 420 g/mol. The quantitative estimate of drug-likeness (QED) is 0.245. The van der Waals surface area contributed by atoms with E-state index in [1.54, 1.807) is 7.05 Å². The van der Waals surface area contributed by atoms with Gasteiger partial charge >= 0.3 is 6.18 Å². The number of amides is 2. The molecule has 1 unspecified atom stereocenters. The van der Waals surface area contributed by atoms with E-state index in [0.29, 0.717) is 11.0 Å².